The van der Waals surface area contributed by atoms with Crippen LogP contribution in [0.5, 0.6) is 0 Å². The monoisotopic (exact) mass is 403 g/mol. The molecule has 1 aromatic rings. The fourth-order valence-electron chi connectivity index (χ4n) is 5.70. The van der Waals surface area contributed by atoms with Crippen LogP contribution in [0.1, 0.15) is 58.8 Å². The molecular weight excluding hydrogens is 370 g/mol. The lowest BCUT2D eigenvalue weighted by atomic mass is 9.84. The number of anilines is 2. The molecule has 5 atom stereocenters. The van der Waals surface area contributed by atoms with Crippen molar-refractivity contribution in [3.63, 3.8) is 0 Å². The summed E-state index contributed by atoms with van der Waals surface area (Å²) in [6.45, 7) is 6.27. The number of nitrogens with one attached hydrogen (secondary N) is 2. The second kappa shape index (κ2) is 8.52. The maximum Gasteiger partial charge on any atom is 0.242 e. The van der Waals surface area contributed by atoms with Gasteiger partial charge in [-0.3, -0.25) is 4.79 Å². The Kier molecular flexibility index (Phi) is 6.05. The summed E-state index contributed by atoms with van der Waals surface area (Å²) >= 11 is 6.27. The number of fused-ring (bicyclic) bond motifs is 2. The third-order valence-electron chi connectivity index (χ3n) is 7.23. The molecule has 4 nitrogen and oxygen atoms in total. The second-order valence-corrected chi connectivity index (χ2v) is 9.65. The Morgan fingerprint density at radius 1 is 1.14 bits per heavy atom. The molecule has 0 radical (unpaired) electrons. The van der Waals surface area contributed by atoms with Gasteiger partial charge in [0, 0.05) is 24.2 Å². The van der Waals surface area contributed by atoms with Crippen molar-refractivity contribution in [2.75, 3.05) is 23.3 Å². The van der Waals surface area contributed by atoms with Gasteiger partial charge in [-0.25, -0.2) is 0 Å². The smallest absolute Gasteiger partial charge is 0.242 e. The van der Waals surface area contributed by atoms with Gasteiger partial charge < -0.3 is 15.5 Å². The van der Waals surface area contributed by atoms with Gasteiger partial charge in [0.25, 0.3) is 0 Å². The molecule has 3 fully saturated rings. The predicted molar refractivity (Wildman–Crippen MR) is 117 cm³/mol. The van der Waals surface area contributed by atoms with Crippen LogP contribution < -0.4 is 15.5 Å². The molecule has 154 valence electrons. The van der Waals surface area contributed by atoms with E-state index in [2.05, 4.69) is 28.5 Å². The molecule has 1 aromatic carbocycles. The van der Waals surface area contributed by atoms with Crippen LogP contribution in [-0.2, 0) is 4.79 Å². The fraction of sp³-hybridized carbons (Fsp3) is 0.696. The van der Waals surface area contributed by atoms with Crippen molar-refractivity contribution in [3.05, 3.63) is 23.2 Å². The summed E-state index contributed by atoms with van der Waals surface area (Å²) in [7, 11) is 0. The molecule has 2 aliphatic carbocycles. The number of nitrogens with zero attached hydrogens (tertiary/aromatic N) is 1. The van der Waals surface area contributed by atoms with Crippen LogP contribution in [0.2, 0.25) is 5.02 Å². The van der Waals surface area contributed by atoms with Crippen molar-refractivity contribution in [2.24, 2.45) is 17.8 Å². The van der Waals surface area contributed by atoms with Gasteiger partial charge in [-0.2, -0.15) is 0 Å². The van der Waals surface area contributed by atoms with Crippen molar-refractivity contribution in [2.45, 2.75) is 70.9 Å². The lowest BCUT2D eigenvalue weighted by molar-refractivity contribution is -0.122. The van der Waals surface area contributed by atoms with Gasteiger partial charge in [-0.15, -0.1) is 0 Å². The standard InChI is InChI=1S/C23H34ClN3O/c1-15(20-13-17-6-7-18(20)12-17)26-23(28)16(2)25-21-14-19(24)8-9-22(21)27-10-4-3-5-11-27/h8-9,14-18,20,25H,3-7,10-13H2,1-2H3,(H,26,28)/t15-,16-,17-,18-,20-/m0/s1. The zero-order chi connectivity index (χ0) is 19.7. The number of hydrogen-bond acceptors (Lipinski definition) is 3. The maximum absolute atomic E-state index is 12.9. The highest BCUT2D eigenvalue weighted by Crippen LogP contribution is 2.49. The highest BCUT2D eigenvalue weighted by molar-refractivity contribution is 6.31. The van der Waals surface area contributed by atoms with Gasteiger partial charge in [0.05, 0.1) is 11.4 Å². The van der Waals surface area contributed by atoms with E-state index in [4.69, 9.17) is 11.6 Å². The molecule has 2 saturated carbocycles. The van der Waals surface area contributed by atoms with Crippen LogP contribution in [0.25, 0.3) is 0 Å². The van der Waals surface area contributed by atoms with Crippen molar-refractivity contribution < 1.29 is 4.79 Å². The van der Waals surface area contributed by atoms with E-state index in [1.165, 1.54) is 44.9 Å². The lowest BCUT2D eigenvalue weighted by Crippen LogP contribution is -2.46. The average molecular weight is 404 g/mol. The first-order valence-corrected chi connectivity index (χ1v) is 11.5. The summed E-state index contributed by atoms with van der Waals surface area (Å²) in [5.74, 6) is 2.47. The summed E-state index contributed by atoms with van der Waals surface area (Å²) in [5, 5.41) is 7.43. The first-order chi connectivity index (χ1) is 13.5. The minimum Gasteiger partial charge on any atom is -0.372 e. The molecule has 0 spiro atoms. The Morgan fingerprint density at radius 3 is 2.61 bits per heavy atom. The minimum absolute atomic E-state index is 0.0832. The first-order valence-electron chi connectivity index (χ1n) is 11.1. The molecule has 2 N–H and O–H groups in total. The van der Waals surface area contributed by atoms with Gasteiger partial charge in [0.1, 0.15) is 6.04 Å². The summed E-state index contributed by atoms with van der Waals surface area (Å²) in [6, 6.07) is 5.95. The van der Waals surface area contributed by atoms with Crippen molar-refractivity contribution in [1.29, 1.82) is 0 Å². The third-order valence-corrected chi connectivity index (χ3v) is 7.46. The number of piperidine rings is 1. The predicted octanol–water partition coefficient (Wildman–Crippen LogP) is 5.07. The van der Waals surface area contributed by atoms with Crippen LogP contribution in [0.4, 0.5) is 11.4 Å². The number of amides is 1. The molecule has 0 aromatic heterocycles. The number of carbonyl (C=O) groups is 1. The van der Waals surface area contributed by atoms with Crippen LogP contribution in [-0.4, -0.2) is 31.1 Å². The highest BCUT2D eigenvalue weighted by atomic mass is 35.5. The van der Waals surface area contributed by atoms with E-state index < -0.39 is 0 Å². The molecule has 1 aliphatic heterocycles. The number of carbonyl (C=O) groups excluding carboxylic acids is 1. The molecule has 1 heterocycles. The van der Waals surface area contributed by atoms with Gasteiger partial charge in [0.2, 0.25) is 5.91 Å². The second-order valence-electron chi connectivity index (χ2n) is 9.21. The van der Waals surface area contributed by atoms with Gasteiger partial charge in [-0.05, 0) is 88.3 Å². The normalized spacial score (nSPS) is 28.8. The summed E-state index contributed by atoms with van der Waals surface area (Å²) in [4.78, 5) is 15.3. The zero-order valence-corrected chi connectivity index (χ0v) is 18.0. The number of rotatable bonds is 6. The molecule has 0 unspecified atom stereocenters. The quantitative estimate of drug-likeness (QED) is 0.696. The molecule has 28 heavy (non-hydrogen) atoms. The van der Waals surface area contributed by atoms with Crippen molar-refractivity contribution in [1.82, 2.24) is 5.32 Å². The van der Waals surface area contributed by atoms with E-state index >= 15 is 0 Å². The van der Waals surface area contributed by atoms with Crippen molar-refractivity contribution >= 4 is 28.9 Å². The van der Waals surface area contributed by atoms with Crippen LogP contribution in [0.3, 0.4) is 0 Å². The third kappa shape index (κ3) is 4.27. The maximum atomic E-state index is 12.9. The Balaban J connectivity index is 1.39. The van der Waals surface area contributed by atoms with Crippen LogP contribution in [0, 0.1) is 17.8 Å². The summed E-state index contributed by atoms with van der Waals surface area (Å²) in [6.07, 6.45) is 9.16. The lowest BCUT2D eigenvalue weighted by Gasteiger charge is -2.32. The largest absolute Gasteiger partial charge is 0.372 e. The van der Waals surface area contributed by atoms with E-state index in [-0.39, 0.29) is 18.0 Å². The highest BCUT2D eigenvalue weighted by Gasteiger charge is 2.42. The Labute approximate surface area is 174 Å². The summed E-state index contributed by atoms with van der Waals surface area (Å²) in [5.41, 5.74) is 2.12. The number of halogens is 1. The Morgan fingerprint density at radius 2 is 1.93 bits per heavy atom. The van der Waals surface area contributed by atoms with Gasteiger partial charge >= 0.3 is 0 Å². The van der Waals surface area contributed by atoms with E-state index in [9.17, 15) is 4.79 Å². The first kappa shape index (κ1) is 19.9. The van der Waals surface area contributed by atoms with E-state index in [1.54, 1.807) is 0 Å². The van der Waals surface area contributed by atoms with E-state index in [0.717, 1.165) is 36.3 Å². The van der Waals surface area contributed by atoms with Crippen molar-refractivity contribution in [3.8, 4) is 0 Å². The zero-order valence-electron chi connectivity index (χ0n) is 17.2. The molecule has 1 saturated heterocycles. The Hall–Kier alpha value is -1.42. The van der Waals surface area contributed by atoms with Crippen LogP contribution in [0.15, 0.2) is 18.2 Å². The fourth-order valence-corrected chi connectivity index (χ4v) is 5.87. The SMILES string of the molecule is C[C@H](Nc1cc(Cl)ccc1N1CCCCC1)C(=O)N[C@@H](C)[C@@H]1C[C@H]2CC[C@H]1C2. The number of hydrogen-bond donors (Lipinski definition) is 2. The van der Waals surface area contributed by atoms with E-state index in [0.29, 0.717) is 10.9 Å². The molecule has 4 rings (SSSR count). The van der Waals surface area contributed by atoms with E-state index in [1.807, 2.05) is 19.1 Å². The van der Waals surface area contributed by atoms with Gasteiger partial charge in [-0.1, -0.05) is 18.0 Å². The molecule has 1 amide bonds. The molecule has 2 bridgehead atoms. The molecule has 5 heteroatoms. The van der Waals surface area contributed by atoms with Gasteiger partial charge in [0.15, 0.2) is 0 Å². The topological polar surface area (TPSA) is 44.4 Å². The van der Waals surface area contributed by atoms with Crippen LogP contribution >= 0.6 is 11.6 Å². The number of benzene rings is 1. The minimum atomic E-state index is -0.289. The summed E-state index contributed by atoms with van der Waals surface area (Å²) < 4.78 is 0. The molecule has 3 aliphatic rings. The Bertz CT molecular complexity index is 703. The average Bonchev–Trinajstić information content (AvgIpc) is 3.32. The molecular formula is C23H34ClN3O.